The first-order chi connectivity index (χ1) is 6.19. The Morgan fingerprint density at radius 1 is 1.54 bits per heavy atom. The zero-order chi connectivity index (χ0) is 9.84. The van der Waals surface area contributed by atoms with Gasteiger partial charge in [0.1, 0.15) is 0 Å². The molecule has 0 aliphatic carbocycles. The van der Waals surface area contributed by atoms with Gasteiger partial charge in [-0.2, -0.15) is 5.06 Å². The summed E-state index contributed by atoms with van der Waals surface area (Å²) in [5.41, 5.74) is 5.79. The van der Waals surface area contributed by atoms with Gasteiger partial charge >= 0.3 is 5.97 Å². The topological polar surface area (TPSA) is 64.8 Å². The van der Waals surface area contributed by atoms with Crippen LogP contribution < -0.4 is 5.73 Å². The molecule has 2 unspecified atom stereocenters. The lowest BCUT2D eigenvalue weighted by Crippen LogP contribution is -2.50. The summed E-state index contributed by atoms with van der Waals surface area (Å²) in [6, 6.07) is -0.112. The largest absolute Gasteiger partial charge is 0.469 e. The Balaban J connectivity index is 2.54. The van der Waals surface area contributed by atoms with E-state index < -0.39 is 0 Å². The fourth-order valence-electron chi connectivity index (χ4n) is 1.51. The first-order valence-electron chi connectivity index (χ1n) is 4.31. The lowest BCUT2D eigenvalue weighted by atomic mass is 9.94. The molecule has 1 heterocycles. The SMILES string of the molecule is COC(=O)C1CN(OC)CCC1N. The second-order valence-electron chi connectivity index (χ2n) is 3.15. The third kappa shape index (κ3) is 2.40. The molecule has 0 aromatic heterocycles. The molecule has 1 aliphatic heterocycles. The smallest absolute Gasteiger partial charge is 0.311 e. The summed E-state index contributed by atoms with van der Waals surface area (Å²) < 4.78 is 4.65. The molecule has 0 aromatic rings. The van der Waals surface area contributed by atoms with Gasteiger partial charge in [-0.3, -0.25) is 4.79 Å². The van der Waals surface area contributed by atoms with Gasteiger partial charge in [0, 0.05) is 19.1 Å². The highest BCUT2D eigenvalue weighted by molar-refractivity contribution is 5.73. The van der Waals surface area contributed by atoms with E-state index in [1.54, 1.807) is 12.2 Å². The van der Waals surface area contributed by atoms with Gasteiger partial charge in [0.25, 0.3) is 0 Å². The van der Waals surface area contributed by atoms with Crippen molar-refractivity contribution in [3.05, 3.63) is 0 Å². The Labute approximate surface area is 77.7 Å². The Morgan fingerprint density at radius 2 is 2.23 bits per heavy atom. The minimum Gasteiger partial charge on any atom is -0.469 e. The van der Waals surface area contributed by atoms with Crippen LogP contribution in [0.3, 0.4) is 0 Å². The summed E-state index contributed by atoms with van der Waals surface area (Å²) in [4.78, 5) is 16.3. The summed E-state index contributed by atoms with van der Waals surface area (Å²) in [6.07, 6.45) is 0.758. The maximum Gasteiger partial charge on any atom is 0.311 e. The van der Waals surface area contributed by atoms with Gasteiger partial charge in [0.2, 0.25) is 0 Å². The molecule has 0 spiro atoms. The summed E-state index contributed by atoms with van der Waals surface area (Å²) in [7, 11) is 2.96. The average molecular weight is 188 g/mol. The summed E-state index contributed by atoms with van der Waals surface area (Å²) in [5.74, 6) is -0.520. The van der Waals surface area contributed by atoms with Crippen LogP contribution in [0.4, 0.5) is 0 Å². The molecule has 76 valence electrons. The Hall–Kier alpha value is -0.650. The monoisotopic (exact) mass is 188 g/mol. The van der Waals surface area contributed by atoms with Crippen molar-refractivity contribution in [3.8, 4) is 0 Å². The van der Waals surface area contributed by atoms with Gasteiger partial charge in [-0.15, -0.1) is 0 Å². The number of methoxy groups -OCH3 is 1. The van der Waals surface area contributed by atoms with Crippen LogP contribution in [0.25, 0.3) is 0 Å². The number of carbonyl (C=O) groups excluding carboxylic acids is 1. The van der Waals surface area contributed by atoms with Crippen molar-refractivity contribution >= 4 is 5.97 Å². The highest BCUT2D eigenvalue weighted by atomic mass is 16.7. The second kappa shape index (κ2) is 4.55. The van der Waals surface area contributed by atoms with Crippen molar-refractivity contribution < 1.29 is 14.4 Å². The van der Waals surface area contributed by atoms with Gasteiger partial charge < -0.3 is 15.3 Å². The number of ether oxygens (including phenoxy) is 1. The average Bonchev–Trinajstić information content (AvgIpc) is 2.17. The Kier molecular flexibility index (Phi) is 3.65. The van der Waals surface area contributed by atoms with Crippen LogP contribution in [0.1, 0.15) is 6.42 Å². The highest BCUT2D eigenvalue weighted by Gasteiger charge is 2.32. The van der Waals surface area contributed by atoms with Crippen molar-refractivity contribution in [1.29, 1.82) is 0 Å². The molecule has 5 heteroatoms. The molecular weight excluding hydrogens is 172 g/mol. The van der Waals surface area contributed by atoms with Crippen LogP contribution >= 0.6 is 0 Å². The predicted molar refractivity (Wildman–Crippen MR) is 46.7 cm³/mol. The normalized spacial score (nSPS) is 30.1. The van der Waals surface area contributed by atoms with Crippen LogP contribution in [0.15, 0.2) is 0 Å². The van der Waals surface area contributed by atoms with Gasteiger partial charge in [-0.25, -0.2) is 0 Å². The summed E-state index contributed by atoms with van der Waals surface area (Å²) >= 11 is 0. The van der Waals surface area contributed by atoms with Crippen LogP contribution in [0.2, 0.25) is 0 Å². The van der Waals surface area contributed by atoms with Crippen LogP contribution in [-0.2, 0) is 14.4 Å². The minimum atomic E-state index is -0.265. The molecular formula is C8H16N2O3. The van der Waals surface area contributed by atoms with Crippen LogP contribution in [0.5, 0.6) is 0 Å². The van der Waals surface area contributed by atoms with E-state index >= 15 is 0 Å². The molecule has 2 atom stereocenters. The fourth-order valence-corrected chi connectivity index (χ4v) is 1.51. The van der Waals surface area contributed by atoms with Crippen molar-refractivity contribution in [1.82, 2.24) is 5.06 Å². The molecule has 5 nitrogen and oxygen atoms in total. The number of piperidine rings is 1. The van der Waals surface area contributed by atoms with E-state index in [9.17, 15) is 4.79 Å². The first-order valence-corrected chi connectivity index (χ1v) is 4.31. The first kappa shape index (κ1) is 10.4. The highest BCUT2D eigenvalue weighted by Crippen LogP contribution is 2.16. The van der Waals surface area contributed by atoms with Gasteiger partial charge in [0.15, 0.2) is 0 Å². The number of carbonyl (C=O) groups is 1. The van der Waals surface area contributed by atoms with Crippen LogP contribution in [-0.4, -0.2) is 44.4 Å². The second-order valence-corrected chi connectivity index (χ2v) is 3.15. The lowest BCUT2D eigenvalue weighted by molar-refractivity contribution is -0.173. The molecule has 0 bridgehead atoms. The zero-order valence-corrected chi connectivity index (χ0v) is 8.03. The van der Waals surface area contributed by atoms with Crippen molar-refractivity contribution in [2.75, 3.05) is 27.3 Å². The maximum atomic E-state index is 11.3. The number of esters is 1. The molecule has 0 radical (unpaired) electrons. The molecule has 1 aliphatic rings. The van der Waals surface area contributed by atoms with E-state index in [-0.39, 0.29) is 17.9 Å². The van der Waals surface area contributed by atoms with Crippen molar-refractivity contribution in [2.45, 2.75) is 12.5 Å². The molecule has 0 aromatic carbocycles. The van der Waals surface area contributed by atoms with E-state index in [1.807, 2.05) is 0 Å². The quantitative estimate of drug-likeness (QED) is 0.584. The Morgan fingerprint density at radius 3 is 2.77 bits per heavy atom. The van der Waals surface area contributed by atoms with Crippen molar-refractivity contribution in [3.63, 3.8) is 0 Å². The molecule has 1 saturated heterocycles. The summed E-state index contributed by atoms with van der Waals surface area (Å²) in [6.45, 7) is 1.29. The summed E-state index contributed by atoms with van der Waals surface area (Å²) in [5, 5.41) is 1.73. The number of hydrogen-bond acceptors (Lipinski definition) is 5. The number of nitrogens with zero attached hydrogens (tertiary/aromatic N) is 1. The number of hydrogen-bond donors (Lipinski definition) is 1. The molecule has 1 fully saturated rings. The standard InChI is InChI=1S/C8H16N2O3/c1-12-8(11)6-5-10(13-2)4-3-7(6)9/h6-7H,3-5,9H2,1-2H3. The molecule has 0 saturated carbocycles. The van der Waals surface area contributed by atoms with Crippen molar-refractivity contribution in [2.24, 2.45) is 11.7 Å². The number of hydroxylamine groups is 2. The van der Waals surface area contributed by atoms with Gasteiger partial charge in [0.05, 0.1) is 20.1 Å². The van der Waals surface area contributed by atoms with E-state index in [2.05, 4.69) is 4.74 Å². The number of rotatable bonds is 2. The third-order valence-electron chi connectivity index (χ3n) is 2.39. The van der Waals surface area contributed by atoms with Crippen LogP contribution in [0, 0.1) is 5.92 Å². The molecule has 2 N–H and O–H groups in total. The molecule has 1 rings (SSSR count). The minimum absolute atomic E-state index is 0.112. The fraction of sp³-hybridized carbons (Fsp3) is 0.875. The zero-order valence-electron chi connectivity index (χ0n) is 8.03. The molecule has 0 amide bonds. The van der Waals surface area contributed by atoms with E-state index in [4.69, 9.17) is 10.6 Å². The van der Waals surface area contributed by atoms with Gasteiger partial charge in [-0.05, 0) is 6.42 Å². The molecule has 13 heavy (non-hydrogen) atoms. The van der Waals surface area contributed by atoms with Gasteiger partial charge in [-0.1, -0.05) is 0 Å². The van der Waals surface area contributed by atoms with E-state index in [0.29, 0.717) is 6.54 Å². The third-order valence-corrected chi connectivity index (χ3v) is 2.39. The predicted octanol–water partition coefficient (Wildman–Crippen LogP) is -0.630. The van der Waals surface area contributed by atoms with E-state index in [1.165, 1.54) is 7.11 Å². The maximum absolute atomic E-state index is 11.3. The Bertz CT molecular complexity index is 186. The lowest BCUT2D eigenvalue weighted by Gasteiger charge is -2.33. The van der Waals surface area contributed by atoms with E-state index in [0.717, 1.165) is 13.0 Å². The number of nitrogens with two attached hydrogens (primary N) is 1.